The van der Waals surface area contributed by atoms with Crippen LogP contribution in [0.25, 0.3) is 22.5 Å². The van der Waals surface area contributed by atoms with Crippen molar-refractivity contribution in [3.63, 3.8) is 0 Å². The first kappa shape index (κ1) is 26.0. The molecule has 4 aromatic carbocycles. The van der Waals surface area contributed by atoms with Gasteiger partial charge in [0.1, 0.15) is 17.5 Å². The number of hydrogen-bond donors (Lipinski definition) is 0. The van der Waals surface area contributed by atoms with Gasteiger partial charge in [-0.1, -0.05) is 52.3 Å². The van der Waals surface area contributed by atoms with E-state index in [4.69, 9.17) is 24.0 Å². The molecule has 0 atom stereocenters. The highest BCUT2D eigenvalue weighted by molar-refractivity contribution is 9.10. The summed E-state index contributed by atoms with van der Waals surface area (Å²) in [6.45, 7) is 0. The van der Waals surface area contributed by atoms with Gasteiger partial charge < -0.3 is 18.9 Å². The van der Waals surface area contributed by atoms with Gasteiger partial charge in [-0.05, 0) is 65.2 Å². The summed E-state index contributed by atoms with van der Waals surface area (Å²) < 4.78 is 25.5. The van der Waals surface area contributed by atoms with E-state index in [9.17, 15) is 0 Å². The van der Waals surface area contributed by atoms with E-state index < -0.39 is 0 Å². The molecule has 0 amide bonds. The number of hydrogen-bond acceptors (Lipinski definition) is 5. The predicted molar refractivity (Wildman–Crippen MR) is 160 cm³/mol. The summed E-state index contributed by atoms with van der Waals surface area (Å²) in [6, 6.07) is 28.7. The molecule has 0 saturated heterocycles. The summed E-state index contributed by atoms with van der Waals surface area (Å²) in [4.78, 5) is 0. The average molecular weight is 598 g/mol. The molecule has 40 heavy (non-hydrogen) atoms. The van der Waals surface area contributed by atoms with E-state index in [1.807, 2.05) is 24.3 Å². The Labute approximate surface area is 242 Å². The van der Waals surface area contributed by atoms with Crippen molar-refractivity contribution in [2.75, 3.05) is 28.4 Å². The fraction of sp³-hybridized carbons (Fsp3) is 0.182. The normalized spacial score (nSPS) is 11.8. The maximum absolute atomic E-state index is 5.71. The number of methoxy groups -OCH3 is 4. The third-order valence-corrected chi connectivity index (χ3v) is 7.99. The third kappa shape index (κ3) is 4.50. The smallest absolute Gasteiger partial charge is 0.161 e. The molecule has 0 N–H and O–H groups in total. The molecule has 0 saturated carbocycles. The number of rotatable bonds is 8. The van der Waals surface area contributed by atoms with Crippen molar-refractivity contribution in [2.45, 2.75) is 12.5 Å². The first-order valence-corrected chi connectivity index (χ1v) is 13.7. The van der Waals surface area contributed by atoms with E-state index in [0.717, 1.165) is 61.8 Å². The molecular formula is C33H29BrN2O4. The molecule has 0 radical (unpaired) electrons. The second-order valence-electron chi connectivity index (χ2n) is 9.62. The summed E-state index contributed by atoms with van der Waals surface area (Å²) >= 11 is 3.57. The van der Waals surface area contributed by atoms with Crippen molar-refractivity contribution >= 4 is 15.9 Å². The summed E-state index contributed by atoms with van der Waals surface area (Å²) in [6.07, 6.45) is 0.744. The SMILES string of the molecule is COc1ccc(C(c2ccc(OC)cc2)n2nc(-c3ccc(Br)cc3)c3c2-c2cc(OC)c(OC)cc2C3)cc1. The molecule has 0 fully saturated rings. The number of fused-ring (bicyclic) bond motifs is 3. The van der Waals surface area contributed by atoms with Gasteiger partial charge in [0.2, 0.25) is 0 Å². The maximum Gasteiger partial charge on any atom is 0.161 e. The maximum atomic E-state index is 5.71. The van der Waals surface area contributed by atoms with E-state index in [1.54, 1.807) is 28.4 Å². The molecule has 0 unspecified atom stereocenters. The van der Waals surface area contributed by atoms with Crippen LogP contribution in [0.4, 0.5) is 0 Å². The lowest BCUT2D eigenvalue weighted by molar-refractivity contribution is 0.355. The average Bonchev–Trinajstić information content (AvgIpc) is 3.55. The number of aromatic nitrogens is 2. The zero-order chi connectivity index (χ0) is 27.8. The van der Waals surface area contributed by atoms with Crippen LogP contribution in [0.3, 0.4) is 0 Å². The molecule has 202 valence electrons. The van der Waals surface area contributed by atoms with Crippen molar-refractivity contribution in [1.82, 2.24) is 9.78 Å². The largest absolute Gasteiger partial charge is 0.497 e. The van der Waals surface area contributed by atoms with E-state index in [2.05, 4.69) is 81.3 Å². The van der Waals surface area contributed by atoms with Gasteiger partial charge in [0.15, 0.2) is 11.5 Å². The van der Waals surface area contributed by atoms with Crippen molar-refractivity contribution in [2.24, 2.45) is 0 Å². The van der Waals surface area contributed by atoms with Crippen LogP contribution in [-0.4, -0.2) is 38.2 Å². The Bertz CT molecular complexity index is 1610. The van der Waals surface area contributed by atoms with Gasteiger partial charge >= 0.3 is 0 Å². The second-order valence-corrected chi connectivity index (χ2v) is 10.5. The molecule has 5 aromatic rings. The Morgan fingerprint density at radius 3 is 1.77 bits per heavy atom. The van der Waals surface area contributed by atoms with Gasteiger partial charge in [-0.15, -0.1) is 0 Å². The first-order valence-electron chi connectivity index (χ1n) is 12.9. The zero-order valence-electron chi connectivity index (χ0n) is 22.8. The van der Waals surface area contributed by atoms with Crippen molar-refractivity contribution in [3.05, 3.63) is 112 Å². The van der Waals surface area contributed by atoms with Gasteiger partial charge in [0.25, 0.3) is 0 Å². The van der Waals surface area contributed by atoms with Crippen LogP contribution in [0, 0.1) is 0 Å². The number of ether oxygens (including phenoxy) is 4. The zero-order valence-corrected chi connectivity index (χ0v) is 24.4. The Hall–Kier alpha value is -4.23. The van der Waals surface area contributed by atoms with Crippen molar-refractivity contribution < 1.29 is 18.9 Å². The third-order valence-electron chi connectivity index (χ3n) is 7.47. The van der Waals surface area contributed by atoms with Crippen LogP contribution in [-0.2, 0) is 6.42 Å². The van der Waals surface area contributed by atoms with Gasteiger partial charge in [0, 0.05) is 27.6 Å². The number of nitrogens with zero attached hydrogens (tertiary/aromatic N) is 2. The highest BCUT2D eigenvalue weighted by Gasteiger charge is 2.33. The van der Waals surface area contributed by atoms with E-state index >= 15 is 0 Å². The number of halogens is 1. The summed E-state index contributed by atoms with van der Waals surface area (Å²) in [5.74, 6) is 3.02. The minimum atomic E-state index is -0.200. The van der Waals surface area contributed by atoms with Crippen LogP contribution in [0.15, 0.2) is 89.4 Å². The lowest BCUT2D eigenvalue weighted by atomic mass is 9.97. The van der Waals surface area contributed by atoms with Crippen molar-refractivity contribution in [1.29, 1.82) is 0 Å². The Kier molecular flexibility index (Phi) is 6.98. The predicted octanol–water partition coefficient (Wildman–Crippen LogP) is 7.56. The summed E-state index contributed by atoms with van der Waals surface area (Å²) in [5.41, 5.74) is 8.73. The molecule has 0 aliphatic heterocycles. The monoisotopic (exact) mass is 596 g/mol. The van der Waals surface area contributed by atoms with Gasteiger partial charge in [-0.25, -0.2) is 0 Å². The molecule has 0 bridgehead atoms. The molecular weight excluding hydrogens is 568 g/mol. The van der Waals surface area contributed by atoms with Crippen molar-refractivity contribution in [3.8, 4) is 45.5 Å². The van der Waals surface area contributed by atoms with E-state index in [1.165, 1.54) is 11.1 Å². The van der Waals surface area contributed by atoms with Crippen LogP contribution >= 0.6 is 15.9 Å². The molecule has 6 rings (SSSR count). The topological polar surface area (TPSA) is 54.7 Å². The lowest BCUT2D eigenvalue weighted by Gasteiger charge is -2.22. The van der Waals surface area contributed by atoms with Crippen LogP contribution in [0.1, 0.15) is 28.3 Å². The fourth-order valence-electron chi connectivity index (χ4n) is 5.47. The molecule has 1 aliphatic rings. The second kappa shape index (κ2) is 10.7. The molecule has 0 spiro atoms. The van der Waals surface area contributed by atoms with E-state index in [0.29, 0.717) is 5.75 Å². The Morgan fingerprint density at radius 1 is 0.700 bits per heavy atom. The minimum Gasteiger partial charge on any atom is -0.497 e. The lowest BCUT2D eigenvalue weighted by Crippen LogP contribution is -2.15. The fourth-order valence-corrected chi connectivity index (χ4v) is 5.74. The quantitative estimate of drug-likeness (QED) is 0.181. The first-order chi connectivity index (χ1) is 19.5. The standard InChI is InChI=1S/C33H29BrN2O4/c1-37-25-13-7-21(8-14-25)32(22-9-15-26(38-2)16-10-22)36-33-27-19-30(40-4)29(39-3)18-23(27)17-28(33)31(35-36)20-5-11-24(34)12-6-20/h5-16,18-19,32H,17H2,1-4H3. The van der Waals surface area contributed by atoms with Gasteiger partial charge in [0.05, 0.1) is 39.8 Å². The van der Waals surface area contributed by atoms with E-state index in [-0.39, 0.29) is 6.04 Å². The molecule has 1 aromatic heterocycles. The van der Waals surface area contributed by atoms with Crippen LogP contribution < -0.4 is 18.9 Å². The molecule has 7 heteroatoms. The molecule has 6 nitrogen and oxygen atoms in total. The molecule has 1 aliphatic carbocycles. The summed E-state index contributed by atoms with van der Waals surface area (Å²) in [5, 5.41) is 5.33. The van der Waals surface area contributed by atoms with Crippen LogP contribution in [0.2, 0.25) is 0 Å². The van der Waals surface area contributed by atoms with Gasteiger partial charge in [-0.3, -0.25) is 4.68 Å². The Balaban J connectivity index is 1.62. The minimum absolute atomic E-state index is 0.200. The van der Waals surface area contributed by atoms with Crippen LogP contribution in [0.5, 0.6) is 23.0 Å². The highest BCUT2D eigenvalue weighted by Crippen LogP contribution is 2.48. The molecule has 1 heterocycles. The number of benzene rings is 4. The van der Waals surface area contributed by atoms with Gasteiger partial charge in [-0.2, -0.15) is 5.10 Å². The Morgan fingerprint density at radius 2 is 1.25 bits per heavy atom. The highest BCUT2D eigenvalue weighted by atomic mass is 79.9. The summed E-state index contributed by atoms with van der Waals surface area (Å²) in [7, 11) is 6.70.